The van der Waals surface area contributed by atoms with E-state index in [4.69, 9.17) is 0 Å². The van der Waals surface area contributed by atoms with Crippen molar-refractivity contribution in [1.82, 2.24) is 4.90 Å². The van der Waals surface area contributed by atoms with Crippen LogP contribution >= 0.6 is 0 Å². The second kappa shape index (κ2) is 6.19. The predicted octanol–water partition coefficient (Wildman–Crippen LogP) is 3.85. The van der Waals surface area contributed by atoms with E-state index in [9.17, 15) is 9.59 Å². The van der Waals surface area contributed by atoms with E-state index in [1.165, 1.54) is 5.56 Å². The molecule has 1 aromatic rings. The van der Waals surface area contributed by atoms with Gasteiger partial charge in [0.25, 0.3) is 0 Å². The highest BCUT2D eigenvalue weighted by atomic mass is 16.2. The Bertz CT molecular complexity index is 653. The lowest BCUT2D eigenvalue weighted by Crippen LogP contribution is -2.45. The summed E-state index contributed by atoms with van der Waals surface area (Å²) in [6.45, 7) is 11.7. The predicted molar refractivity (Wildman–Crippen MR) is 96.1 cm³/mol. The summed E-state index contributed by atoms with van der Waals surface area (Å²) in [5, 5.41) is 0. The molecule has 0 amide bonds. The minimum atomic E-state index is -0.548. The van der Waals surface area contributed by atoms with Crippen molar-refractivity contribution < 1.29 is 9.59 Å². The number of nitrogens with zero attached hydrogens (tertiary/aromatic N) is 1. The summed E-state index contributed by atoms with van der Waals surface area (Å²) >= 11 is 0. The Balaban J connectivity index is 1.87. The monoisotopic (exact) mass is 325 g/mol. The number of benzene rings is 1. The Morgan fingerprint density at radius 3 is 2.00 bits per heavy atom. The Morgan fingerprint density at radius 2 is 1.54 bits per heavy atom. The quantitative estimate of drug-likeness (QED) is 0.775. The Hall–Kier alpha value is -1.90. The van der Waals surface area contributed by atoms with Crippen LogP contribution in [0.25, 0.3) is 0 Å². The fraction of sp³-hybridized carbons (Fsp3) is 0.524. The molecule has 0 bridgehead atoms. The van der Waals surface area contributed by atoms with Crippen LogP contribution < -0.4 is 0 Å². The van der Waals surface area contributed by atoms with E-state index in [0.29, 0.717) is 12.8 Å². The summed E-state index contributed by atoms with van der Waals surface area (Å²) in [5.41, 5.74) is 4.15. The highest BCUT2D eigenvalue weighted by molar-refractivity contribution is 6.10. The molecule has 1 spiro atoms. The summed E-state index contributed by atoms with van der Waals surface area (Å²) < 4.78 is 0. The summed E-state index contributed by atoms with van der Waals surface area (Å²) in [7, 11) is 0. The number of likely N-dealkylation sites (tertiary alicyclic amines) is 1. The zero-order valence-electron chi connectivity index (χ0n) is 15.0. The fourth-order valence-corrected chi connectivity index (χ4v) is 4.69. The molecule has 1 saturated carbocycles. The number of rotatable bonds is 2. The SMILES string of the molecule is C=CN1CCC2(CC1)CC(=O)C(c1c(C)cc(C)cc1C)C(=O)C2. The van der Waals surface area contributed by atoms with Gasteiger partial charge in [0.15, 0.2) is 0 Å². The molecule has 2 aliphatic rings. The lowest BCUT2D eigenvalue weighted by molar-refractivity contribution is -0.138. The third-order valence-electron chi connectivity index (χ3n) is 5.89. The van der Waals surface area contributed by atoms with Crippen molar-refractivity contribution in [1.29, 1.82) is 0 Å². The van der Waals surface area contributed by atoms with Gasteiger partial charge in [-0.05, 0) is 61.9 Å². The normalized spacial score (nSPS) is 21.4. The van der Waals surface area contributed by atoms with Gasteiger partial charge in [-0.1, -0.05) is 24.3 Å². The average Bonchev–Trinajstić information content (AvgIpc) is 2.50. The standard InChI is InChI=1S/C21H27NO2/c1-5-22-8-6-21(7-9-22)12-17(23)20(18(24)13-21)19-15(3)10-14(2)11-16(19)4/h5,10-11,20H,1,6-9,12-13H2,2-4H3. The van der Waals surface area contributed by atoms with Crippen molar-refractivity contribution in [3.63, 3.8) is 0 Å². The molecular weight excluding hydrogens is 298 g/mol. The molecule has 0 aromatic heterocycles. The van der Waals surface area contributed by atoms with Crippen LogP contribution in [0.5, 0.6) is 0 Å². The van der Waals surface area contributed by atoms with Gasteiger partial charge in [-0.25, -0.2) is 0 Å². The summed E-state index contributed by atoms with van der Waals surface area (Å²) in [6, 6.07) is 4.16. The molecule has 128 valence electrons. The smallest absolute Gasteiger partial charge is 0.148 e. The van der Waals surface area contributed by atoms with Crippen LogP contribution in [-0.4, -0.2) is 29.6 Å². The van der Waals surface area contributed by atoms with Gasteiger partial charge in [-0.3, -0.25) is 9.59 Å². The number of Topliss-reactive ketones (excluding diaryl/α,β-unsaturated/α-hetero) is 2. The van der Waals surface area contributed by atoms with E-state index in [1.54, 1.807) is 0 Å². The van der Waals surface area contributed by atoms with Crippen LogP contribution in [0.2, 0.25) is 0 Å². The first-order valence-electron chi connectivity index (χ1n) is 8.85. The van der Waals surface area contributed by atoms with E-state index in [-0.39, 0.29) is 17.0 Å². The lowest BCUT2D eigenvalue weighted by Gasteiger charge is -2.44. The third-order valence-corrected chi connectivity index (χ3v) is 5.89. The maximum absolute atomic E-state index is 13.0. The second-order valence-electron chi connectivity index (χ2n) is 7.75. The van der Waals surface area contributed by atoms with Crippen molar-refractivity contribution >= 4 is 11.6 Å². The maximum atomic E-state index is 13.0. The van der Waals surface area contributed by atoms with Gasteiger partial charge < -0.3 is 4.90 Å². The highest BCUT2D eigenvalue weighted by Crippen LogP contribution is 2.46. The maximum Gasteiger partial charge on any atom is 0.148 e. The molecule has 0 atom stereocenters. The van der Waals surface area contributed by atoms with Gasteiger partial charge in [0.05, 0.1) is 0 Å². The molecule has 3 heteroatoms. The summed E-state index contributed by atoms with van der Waals surface area (Å²) in [5.74, 6) is -0.310. The van der Waals surface area contributed by atoms with Crippen molar-refractivity contribution in [3.05, 3.63) is 47.2 Å². The molecule has 1 aliphatic heterocycles. The molecule has 2 fully saturated rings. The van der Waals surface area contributed by atoms with E-state index in [0.717, 1.165) is 42.6 Å². The summed E-state index contributed by atoms with van der Waals surface area (Å²) in [4.78, 5) is 28.1. The number of hydrogen-bond acceptors (Lipinski definition) is 3. The number of piperidine rings is 1. The van der Waals surface area contributed by atoms with Gasteiger partial charge in [0.2, 0.25) is 0 Å². The molecule has 24 heavy (non-hydrogen) atoms. The molecule has 3 nitrogen and oxygen atoms in total. The number of hydrogen-bond donors (Lipinski definition) is 0. The van der Waals surface area contributed by atoms with Crippen LogP contribution in [0.15, 0.2) is 24.9 Å². The largest absolute Gasteiger partial charge is 0.378 e. The van der Waals surface area contributed by atoms with Crippen LogP contribution in [0, 0.1) is 26.2 Å². The fourth-order valence-electron chi connectivity index (χ4n) is 4.69. The number of aryl methyl sites for hydroxylation is 3. The van der Waals surface area contributed by atoms with Gasteiger partial charge in [0, 0.05) is 25.9 Å². The zero-order chi connectivity index (χ0) is 17.5. The van der Waals surface area contributed by atoms with E-state index < -0.39 is 5.92 Å². The van der Waals surface area contributed by atoms with Crippen LogP contribution in [-0.2, 0) is 9.59 Å². The summed E-state index contributed by atoms with van der Waals surface area (Å²) in [6.07, 6.45) is 4.77. The number of carbonyl (C=O) groups excluding carboxylic acids is 2. The Kier molecular flexibility index (Phi) is 4.37. The van der Waals surface area contributed by atoms with Crippen LogP contribution in [0.1, 0.15) is 53.9 Å². The van der Waals surface area contributed by atoms with Gasteiger partial charge in [0.1, 0.15) is 17.5 Å². The van der Waals surface area contributed by atoms with E-state index in [1.807, 2.05) is 20.0 Å². The molecule has 0 N–H and O–H groups in total. The molecule has 1 aliphatic carbocycles. The molecule has 3 rings (SSSR count). The van der Waals surface area contributed by atoms with Crippen LogP contribution in [0.4, 0.5) is 0 Å². The van der Waals surface area contributed by atoms with E-state index >= 15 is 0 Å². The molecule has 0 radical (unpaired) electrons. The number of carbonyl (C=O) groups is 2. The van der Waals surface area contributed by atoms with Crippen molar-refractivity contribution in [3.8, 4) is 0 Å². The molecular formula is C21H27NO2. The Morgan fingerprint density at radius 1 is 1.04 bits per heavy atom. The van der Waals surface area contributed by atoms with Crippen molar-refractivity contribution in [2.75, 3.05) is 13.1 Å². The Labute approximate surface area is 144 Å². The second-order valence-corrected chi connectivity index (χ2v) is 7.75. The molecule has 1 heterocycles. The van der Waals surface area contributed by atoms with E-state index in [2.05, 4.69) is 30.5 Å². The third kappa shape index (κ3) is 2.92. The average molecular weight is 325 g/mol. The van der Waals surface area contributed by atoms with Gasteiger partial charge in [-0.2, -0.15) is 0 Å². The first kappa shape index (κ1) is 16.9. The van der Waals surface area contributed by atoms with Gasteiger partial charge in [-0.15, -0.1) is 0 Å². The first-order chi connectivity index (χ1) is 11.3. The van der Waals surface area contributed by atoms with Crippen molar-refractivity contribution in [2.24, 2.45) is 5.41 Å². The number of ketones is 2. The topological polar surface area (TPSA) is 37.4 Å². The first-order valence-corrected chi connectivity index (χ1v) is 8.85. The molecule has 1 saturated heterocycles. The highest BCUT2D eigenvalue weighted by Gasteiger charge is 2.47. The zero-order valence-corrected chi connectivity index (χ0v) is 15.0. The molecule has 0 unspecified atom stereocenters. The lowest BCUT2D eigenvalue weighted by atomic mass is 9.62. The van der Waals surface area contributed by atoms with Crippen molar-refractivity contribution in [2.45, 2.75) is 52.4 Å². The molecule has 1 aromatic carbocycles. The minimum absolute atomic E-state index is 0.114. The van der Waals surface area contributed by atoms with Crippen LogP contribution in [0.3, 0.4) is 0 Å². The van der Waals surface area contributed by atoms with Gasteiger partial charge >= 0.3 is 0 Å². The minimum Gasteiger partial charge on any atom is -0.378 e.